The Morgan fingerprint density at radius 1 is 1.10 bits per heavy atom. The first kappa shape index (κ1) is 20.7. The lowest BCUT2D eigenvalue weighted by molar-refractivity contribution is -0.121. The minimum Gasteiger partial charge on any atom is -0.494 e. The second kappa shape index (κ2) is 7.92. The summed E-state index contributed by atoms with van der Waals surface area (Å²) in [5, 5.41) is 0.567. The van der Waals surface area contributed by atoms with Crippen LogP contribution in [-0.2, 0) is 9.59 Å². The van der Waals surface area contributed by atoms with Crippen molar-refractivity contribution in [2.45, 2.75) is 46.0 Å². The molecule has 1 atom stereocenters. The number of carbonyl (C=O) groups excluding carboxylic acids is 2. The number of hydrogen-bond acceptors (Lipinski definition) is 3. The first-order valence-electron chi connectivity index (χ1n) is 10.4. The van der Waals surface area contributed by atoms with Gasteiger partial charge < -0.3 is 4.74 Å². The molecule has 2 aromatic carbocycles. The molecule has 0 N–H and O–H groups in total. The Kier molecular flexibility index (Phi) is 5.46. The number of benzene rings is 2. The number of ether oxygens (including phenoxy) is 1. The van der Waals surface area contributed by atoms with E-state index >= 15 is 0 Å². The van der Waals surface area contributed by atoms with E-state index in [0.717, 1.165) is 28.3 Å². The van der Waals surface area contributed by atoms with Crippen molar-refractivity contribution in [3.63, 3.8) is 0 Å². The van der Waals surface area contributed by atoms with Gasteiger partial charge in [-0.1, -0.05) is 43.6 Å². The third-order valence-corrected chi connectivity index (χ3v) is 6.04. The lowest BCUT2D eigenvalue weighted by Gasteiger charge is -2.43. The summed E-state index contributed by atoms with van der Waals surface area (Å²) in [6, 6.07) is 15.0. The first-order chi connectivity index (χ1) is 14.3. The van der Waals surface area contributed by atoms with Gasteiger partial charge in [-0.3, -0.25) is 14.5 Å². The van der Waals surface area contributed by atoms with Crippen molar-refractivity contribution in [3.8, 4) is 5.75 Å². The molecular weight excluding hydrogens is 398 g/mol. The number of amides is 1. The van der Waals surface area contributed by atoms with Crippen molar-refractivity contribution in [2.24, 2.45) is 5.41 Å². The quantitative estimate of drug-likeness (QED) is 0.614. The van der Waals surface area contributed by atoms with E-state index in [4.69, 9.17) is 16.3 Å². The van der Waals surface area contributed by atoms with Crippen LogP contribution in [0.4, 0.5) is 5.69 Å². The van der Waals surface area contributed by atoms with Crippen LogP contribution in [0.1, 0.15) is 51.5 Å². The zero-order valence-electron chi connectivity index (χ0n) is 17.6. The number of anilines is 1. The Balaban J connectivity index is 1.83. The Morgan fingerprint density at radius 3 is 2.50 bits per heavy atom. The molecule has 0 saturated carbocycles. The second-order valence-electron chi connectivity index (χ2n) is 8.77. The van der Waals surface area contributed by atoms with Crippen LogP contribution in [0.15, 0.2) is 59.8 Å². The van der Waals surface area contributed by atoms with Crippen LogP contribution in [0.3, 0.4) is 0 Å². The molecule has 1 unspecified atom stereocenters. The summed E-state index contributed by atoms with van der Waals surface area (Å²) < 4.78 is 5.54. The molecule has 0 aromatic heterocycles. The molecule has 1 aliphatic carbocycles. The third kappa shape index (κ3) is 3.89. The summed E-state index contributed by atoms with van der Waals surface area (Å²) in [5.41, 5.74) is 3.06. The van der Waals surface area contributed by atoms with Gasteiger partial charge in [0.05, 0.1) is 12.3 Å². The number of halogens is 1. The summed E-state index contributed by atoms with van der Waals surface area (Å²) in [7, 11) is 0. The lowest BCUT2D eigenvalue weighted by atomic mass is 9.69. The Hall–Kier alpha value is -2.59. The van der Waals surface area contributed by atoms with Gasteiger partial charge in [0, 0.05) is 35.1 Å². The van der Waals surface area contributed by atoms with Crippen LogP contribution >= 0.6 is 11.6 Å². The number of carbonyl (C=O) groups is 2. The highest BCUT2D eigenvalue weighted by Gasteiger charge is 2.44. The van der Waals surface area contributed by atoms with E-state index < -0.39 is 0 Å². The second-order valence-corrected chi connectivity index (χ2v) is 9.21. The van der Waals surface area contributed by atoms with E-state index in [9.17, 15) is 9.59 Å². The molecule has 0 bridgehead atoms. The number of rotatable bonds is 4. The van der Waals surface area contributed by atoms with Crippen LogP contribution in [0, 0.1) is 5.41 Å². The van der Waals surface area contributed by atoms with E-state index in [1.54, 1.807) is 17.0 Å². The van der Waals surface area contributed by atoms with Gasteiger partial charge in [-0.15, -0.1) is 0 Å². The highest BCUT2D eigenvalue weighted by molar-refractivity contribution is 6.31. The van der Waals surface area contributed by atoms with Gasteiger partial charge in [0.15, 0.2) is 5.78 Å². The Morgan fingerprint density at radius 2 is 1.83 bits per heavy atom. The molecule has 0 fully saturated rings. The molecule has 0 saturated heterocycles. The van der Waals surface area contributed by atoms with Gasteiger partial charge in [-0.05, 0) is 54.7 Å². The largest absolute Gasteiger partial charge is 0.494 e. The fourth-order valence-corrected chi connectivity index (χ4v) is 4.76. The van der Waals surface area contributed by atoms with Crippen molar-refractivity contribution >= 4 is 29.0 Å². The van der Waals surface area contributed by atoms with E-state index in [1.807, 2.05) is 43.3 Å². The molecule has 4 rings (SSSR count). The summed E-state index contributed by atoms with van der Waals surface area (Å²) in [5.74, 6) is 0.663. The summed E-state index contributed by atoms with van der Waals surface area (Å²) >= 11 is 6.20. The fraction of sp³-hybridized carbons (Fsp3) is 0.360. The Bertz CT molecular complexity index is 1020. The average Bonchev–Trinajstić information content (AvgIpc) is 2.67. The highest BCUT2D eigenvalue weighted by atomic mass is 35.5. The topological polar surface area (TPSA) is 46.6 Å². The number of Topliss-reactive ketones (excluding diaryl/α,β-unsaturated/α-hetero) is 1. The molecule has 30 heavy (non-hydrogen) atoms. The van der Waals surface area contributed by atoms with Gasteiger partial charge >= 0.3 is 0 Å². The SMILES string of the molecule is CCOc1ccc(C2CC(=O)N(c3cccc(Cl)c3)C3=C2C(=O)CC(C)(C)C3)cc1. The molecule has 0 spiro atoms. The van der Waals surface area contributed by atoms with Crippen molar-refractivity contribution in [2.75, 3.05) is 11.5 Å². The molecule has 1 amide bonds. The highest BCUT2D eigenvalue weighted by Crippen LogP contribution is 2.48. The minimum atomic E-state index is -0.234. The van der Waals surface area contributed by atoms with Crippen molar-refractivity contribution in [3.05, 3.63) is 70.4 Å². The Labute approximate surface area is 182 Å². The lowest BCUT2D eigenvalue weighted by Crippen LogP contribution is -2.43. The van der Waals surface area contributed by atoms with E-state index in [1.165, 1.54) is 0 Å². The van der Waals surface area contributed by atoms with Crippen LogP contribution in [-0.4, -0.2) is 18.3 Å². The van der Waals surface area contributed by atoms with Crippen LogP contribution in [0.5, 0.6) is 5.75 Å². The zero-order valence-corrected chi connectivity index (χ0v) is 18.3. The van der Waals surface area contributed by atoms with Gasteiger partial charge in [0.25, 0.3) is 0 Å². The molecule has 4 nitrogen and oxygen atoms in total. The van der Waals surface area contributed by atoms with Crippen molar-refractivity contribution < 1.29 is 14.3 Å². The summed E-state index contributed by atoms with van der Waals surface area (Å²) in [4.78, 5) is 28.4. The zero-order chi connectivity index (χ0) is 21.5. The maximum atomic E-state index is 13.3. The normalized spacial score (nSPS) is 20.9. The van der Waals surface area contributed by atoms with Crippen LogP contribution < -0.4 is 9.64 Å². The van der Waals surface area contributed by atoms with Gasteiger partial charge in [-0.2, -0.15) is 0 Å². The van der Waals surface area contributed by atoms with Crippen molar-refractivity contribution in [1.29, 1.82) is 0 Å². The third-order valence-electron chi connectivity index (χ3n) is 5.80. The van der Waals surface area contributed by atoms with Gasteiger partial charge in [0.1, 0.15) is 5.75 Å². The fourth-order valence-electron chi connectivity index (χ4n) is 4.58. The predicted octanol–water partition coefficient (Wildman–Crippen LogP) is 5.90. The van der Waals surface area contributed by atoms with Gasteiger partial charge in [0.2, 0.25) is 5.91 Å². The molecule has 156 valence electrons. The number of ketones is 1. The smallest absolute Gasteiger partial charge is 0.232 e. The average molecular weight is 424 g/mol. The van der Waals surface area contributed by atoms with Crippen LogP contribution in [0.25, 0.3) is 0 Å². The van der Waals surface area contributed by atoms with Crippen molar-refractivity contribution in [1.82, 2.24) is 0 Å². The molecule has 2 aromatic rings. The summed E-state index contributed by atoms with van der Waals surface area (Å²) in [6.07, 6.45) is 1.41. The van der Waals surface area contributed by atoms with E-state index in [2.05, 4.69) is 13.8 Å². The first-order valence-corrected chi connectivity index (χ1v) is 10.7. The maximum Gasteiger partial charge on any atom is 0.232 e. The van der Waals surface area contributed by atoms with Gasteiger partial charge in [-0.25, -0.2) is 0 Å². The standard InChI is InChI=1S/C25H26ClNO3/c1-4-30-19-10-8-16(9-11-19)20-13-23(29)27(18-7-5-6-17(26)12-18)21-14-25(2,3)15-22(28)24(20)21/h5-12,20H,4,13-15H2,1-3H3. The molecule has 1 aliphatic heterocycles. The molecular formula is C25H26ClNO3. The molecule has 1 heterocycles. The number of nitrogens with zero attached hydrogens (tertiary/aromatic N) is 1. The number of hydrogen-bond donors (Lipinski definition) is 0. The van der Waals surface area contributed by atoms with Crippen LogP contribution in [0.2, 0.25) is 5.02 Å². The summed E-state index contributed by atoms with van der Waals surface area (Å²) in [6.45, 7) is 6.70. The maximum absolute atomic E-state index is 13.3. The monoisotopic (exact) mass is 423 g/mol. The molecule has 5 heteroatoms. The molecule has 2 aliphatic rings. The van der Waals surface area contributed by atoms with E-state index in [-0.39, 0.29) is 29.4 Å². The predicted molar refractivity (Wildman–Crippen MR) is 119 cm³/mol. The number of allylic oxidation sites excluding steroid dienone is 2. The minimum absolute atomic E-state index is 0.0135. The van der Waals surface area contributed by atoms with E-state index in [0.29, 0.717) is 24.5 Å². The molecule has 0 radical (unpaired) electrons.